The predicted octanol–water partition coefficient (Wildman–Crippen LogP) is 14.2. The van der Waals surface area contributed by atoms with Crippen LogP contribution in [-0.4, -0.2) is 24.6 Å². The van der Waals surface area contributed by atoms with Crippen LogP contribution in [0.1, 0.15) is 123 Å². The summed E-state index contributed by atoms with van der Waals surface area (Å²) in [6, 6.07) is 56.9. The first-order valence-corrected chi connectivity index (χ1v) is 26.0. The minimum absolute atomic E-state index is 0.294. The topological polar surface area (TPSA) is 0 Å². The van der Waals surface area contributed by atoms with E-state index in [0.717, 1.165) is 47.3 Å². The van der Waals surface area contributed by atoms with E-state index < -0.39 is 0 Å². The van der Waals surface area contributed by atoms with Crippen molar-refractivity contribution >= 4 is 26.5 Å². The quantitative estimate of drug-likeness (QED) is 0.0986. The van der Waals surface area contributed by atoms with Crippen LogP contribution >= 0.6 is 15.8 Å². The molecule has 9 rings (SSSR count). The molecule has 0 amide bonds. The van der Waals surface area contributed by atoms with Crippen LogP contribution in [0.2, 0.25) is 0 Å². The zero-order chi connectivity index (χ0) is 37.5. The third-order valence-electron chi connectivity index (χ3n) is 14.9. The second kappa shape index (κ2) is 18.7. The molecule has 6 unspecified atom stereocenters. The van der Waals surface area contributed by atoms with Crippen molar-refractivity contribution in [2.24, 2.45) is 23.7 Å². The molecule has 0 radical (unpaired) electrons. The molecule has 0 nitrogen and oxygen atoms in total. The molecular weight excluding hydrogens is 711 g/mol. The Morgan fingerprint density at radius 2 is 0.518 bits per heavy atom. The summed E-state index contributed by atoms with van der Waals surface area (Å²) in [5.74, 6) is 6.08. The monoisotopic (exact) mass is 774 g/mol. The molecule has 4 aliphatic carbocycles. The highest BCUT2D eigenvalue weighted by molar-refractivity contribution is 7.72. The zero-order valence-electron chi connectivity index (χ0n) is 33.7. The summed E-state index contributed by atoms with van der Waals surface area (Å²) >= 11 is 0. The van der Waals surface area contributed by atoms with Gasteiger partial charge in [-0.15, -0.1) is 0 Å². The van der Waals surface area contributed by atoms with Crippen LogP contribution in [0.5, 0.6) is 0 Å². The average Bonchev–Trinajstić information content (AvgIpc) is 4.11. The van der Waals surface area contributed by atoms with Gasteiger partial charge in [0.2, 0.25) is 0 Å². The van der Waals surface area contributed by atoms with E-state index in [0.29, 0.717) is 0 Å². The SMILES string of the molecule is c1ccc(C2CCC[C@@H]2CP(C[C@@H]2CCCC2c2ccccc2)c2ccccc2P(C[C@H]2CCCC2c2ccccc2)C[C@@H]2CCCC2c2ccccc2)cc1. The normalized spacial score (nSPS) is 28.7. The van der Waals surface area contributed by atoms with Crippen LogP contribution in [0.4, 0.5) is 0 Å². The third kappa shape index (κ3) is 8.84. The van der Waals surface area contributed by atoms with Gasteiger partial charge in [0, 0.05) is 0 Å². The largest absolute Gasteiger partial charge is 0.0740 e. The molecular formula is C54H64P2. The number of benzene rings is 5. The Morgan fingerprint density at radius 1 is 0.286 bits per heavy atom. The van der Waals surface area contributed by atoms with Crippen molar-refractivity contribution in [3.8, 4) is 0 Å². The minimum Gasteiger partial charge on any atom is -0.0740 e. The number of hydrogen-bond donors (Lipinski definition) is 0. The van der Waals surface area contributed by atoms with Crippen molar-refractivity contribution in [2.75, 3.05) is 24.6 Å². The van der Waals surface area contributed by atoms with Crippen LogP contribution in [-0.2, 0) is 0 Å². The fourth-order valence-corrected chi connectivity index (χ4v) is 19.6. The number of hydrogen-bond acceptors (Lipinski definition) is 0. The summed E-state index contributed by atoms with van der Waals surface area (Å²) in [5, 5.41) is 3.66. The standard InChI is InChI=1S/C54H64P2/c1-5-19-41(20-6-1)49-31-15-27-45(49)37-55(38-46-28-16-32-50(46)42-21-7-2-8-22-42)53-35-13-14-36-54(53)56(39-47-29-17-33-51(47)43-23-9-3-10-24-43)40-48-30-18-34-52(48)44-25-11-4-12-26-44/h1-14,19-26,35-36,45-52H,15-18,27-34,37-40H2/t45-,46+,47-,48+,49?,50?,51?,52?,55?,56?. The predicted molar refractivity (Wildman–Crippen MR) is 245 cm³/mol. The Bertz CT molecular complexity index is 1660. The summed E-state index contributed by atoms with van der Waals surface area (Å²) in [6.07, 6.45) is 22.3. The maximum Gasteiger partial charge on any atom is -0.0130 e. The molecule has 0 aliphatic heterocycles. The van der Waals surface area contributed by atoms with Crippen molar-refractivity contribution in [2.45, 2.75) is 101 Å². The molecule has 5 aromatic carbocycles. The summed E-state index contributed by atoms with van der Waals surface area (Å²) in [7, 11) is -0.589. The van der Waals surface area contributed by atoms with Gasteiger partial charge in [0.25, 0.3) is 0 Å². The van der Waals surface area contributed by atoms with Gasteiger partial charge in [-0.05, 0) is 156 Å². The van der Waals surface area contributed by atoms with Gasteiger partial charge >= 0.3 is 0 Å². The highest BCUT2D eigenvalue weighted by Crippen LogP contribution is 2.56. The van der Waals surface area contributed by atoms with E-state index >= 15 is 0 Å². The van der Waals surface area contributed by atoms with Crippen LogP contribution in [0.3, 0.4) is 0 Å². The molecule has 5 aromatic rings. The molecule has 4 fully saturated rings. The van der Waals surface area contributed by atoms with Gasteiger partial charge in [-0.1, -0.05) is 187 Å². The molecule has 2 heteroatoms. The first kappa shape index (κ1) is 38.5. The molecule has 290 valence electrons. The Kier molecular flexibility index (Phi) is 12.8. The average molecular weight is 775 g/mol. The van der Waals surface area contributed by atoms with Gasteiger partial charge in [-0.25, -0.2) is 0 Å². The molecule has 0 aromatic heterocycles. The first-order chi connectivity index (χ1) is 27.8. The fraction of sp³-hybridized carbons (Fsp3) is 0.444. The fourth-order valence-electron chi connectivity index (χ4n) is 12.3. The first-order valence-electron chi connectivity index (χ1n) is 22.6. The van der Waals surface area contributed by atoms with Crippen molar-refractivity contribution < 1.29 is 0 Å². The van der Waals surface area contributed by atoms with E-state index in [9.17, 15) is 0 Å². The second-order valence-corrected chi connectivity index (χ2v) is 22.7. The zero-order valence-corrected chi connectivity index (χ0v) is 35.5. The Morgan fingerprint density at radius 3 is 0.768 bits per heavy atom. The summed E-state index contributed by atoms with van der Waals surface area (Å²) in [6.45, 7) is 0. The molecule has 10 atom stereocenters. The van der Waals surface area contributed by atoms with Crippen LogP contribution < -0.4 is 10.6 Å². The number of rotatable bonds is 14. The summed E-state index contributed by atoms with van der Waals surface area (Å²) in [5.41, 5.74) is 6.41. The van der Waals surface area contributed by atoms with Crippen LogP contribution in [0, 0.1) is 23.7 Å². The highest BCUT2D eigenvalue weighted by atomic mass is 31.1. The lowest BCUT2D eigenvalue weighted by Gasteiger charge is -2.35. The molecule has 4 saturated carbocycles. The van der Waals surface area contributed by atoms with Crippen molar-refractivity contribution in [3.05, 3.63) is 168 Å². The maximum atomic E-state index is 2.68. The van der Waals surface area contributed by atoms with E-state index in [1.807, 2.05) is 10.6 Å². The van der Waals surface area contributed by atoms with Crippen LogP contribution in [0.25, 0.3) is 0 Å². The van der Waals surface area contributed by atoms with E-state index in [2.05, 4.69) is 146 Å². The molecule has 0 saturated heterocycles. The van der Waals surface area contributed by atoms with E-state index in [4.69, 9.17) is 0 Å². The lowest BCUT2D eigenvalue weighted by molar-refractivity contribution is 0.524. The van der Waals surface area contributed by atoms with E-state index in [1.165, 1.54) is 102 Å². The van der Waals surface area contributed by atoms with Gasteiger partial charge in [-0.2, -0.15) is 0 Å². The van der Waals surface area contributed by atoms with Crippen molar-refractivity contribution in [1.29, 1.82) is 0 Å². The summed E-state index contributed by atoms with van der Waals surface area (Å²) < 4.78 is 0. The smallest absolute Gasteiger partial charge is 0.0130 e. The minimum atomic E-state index is -0.294. The molecule has 0 bridgehead atoms. The maximum absolute atomic E-state index is 2.68. The van der Waals surface area contributed by atoms with Gasteiger partial charge in [0.1, 0.15) is 0 Å². The molecule has 4 aliphatic rings. The van der Waals surface area contributed by atoms with Gasteiger partial charge < -0.3 is 0 Å². The molecule has 56 heavy (non-hydrogen) atoms. The Hall–Kier alpha value is -3.04. The Balaban J connectivity index is 1.08. The van der Waals surface area contributed by atoms with Gasteiger partial charge in [0.15, 0.2) is 0 Å². The van der Waals surface area contributed by atoms with Crippen molar-refractivity contribution in [1.82, 2.24) is 0 Å². The van der Waals surface area contributed by atoms with Crippen molar-refractivity contribution in [3.63, 3.8) is 0 Å². The molecule has 0 N–H and O–H groups in total. The van der Waals surface area contributed by atoms with E-state index in [1.54, 1.807) is 22.3 Å². The lowest BCUT2D eigenvalue weighted by atomic mass is 9.90. The van der Waals surface area contributed by atoms with Gasteiger partial charge in [0.05, 0.1) is 0 Å². The van der Waals surface area contributed by atoms with Crippen LogP contribution in [0.15, 0.2) is 146 Å². The third-order valence-corrected chi connectivity index (χ3v) is 20.9. The summed E-state index contributed by atoms with van der Waals surface area (Å²) in [4.78, 5) is 0. The molecule has 0 heterocycles. The van der Waals surface area contributed by atoms with E-state index in [-0.39, 0.29) is 15.8 Å². The molecule has 0 spiro atoms. The Labute approximate surface area is 341 Å². The lowest BCUT2D eigenvalue weighted by Crippen LogP contribution is -2.31. The van der Waals surface area contributed by atoms with Gasteiger partial charge in [-0.3, -0.25) is 0 Å². The highest BCUT2D eigenvalue weighted by Gasteiger charge is 2.39. The second-order valence-electron chi connectivity index (χ2n) is 18.1.